The van der Waals surface area contributed by atoms with Gasteiger partial charge in [0.25, 0.3) is 0 Å². The van der Waals surface area contributed by atoms with Crippen molar-refractivity contribution in [3.05, 3.63) is 0 Å². The van der Waals surface area contributed by atoms with Crippen molar-refractivity contribution in [2.24, 2.45) is 29.4 Å². The van der Waals surface area contributed by atoms with Gasteiger partial charge < -0.3 is 11.1 Å². The van der Waals surface area contributed by atoms with E-state index in [9.17, 15) is 4.79 Å². The summed E-state index contributed by atoms with van der Waals surface area (Å²) < 4.78 is 0. The summed E-state index contributed by atoms with van der Waals surface area (Å²) in [5, 5.41) is 3.10. The molecule has 0 aromatic rings. The van der Waals surface area contributed by atoms with Crippen molar-refractivity contribution in [1.82, 2.24) is 5.32 Å². The molecule has 0 aromatic heterocycles. The molecule has 3 N–H and O–H groups in total. The molecule has 16 heavy (non-hydrogen) atoms. The summed E-state index contributed by atoms with van der Waals surface area (Å²) in [6, 6.07) is 0. The van der Waals surface area contributed by atoms with Gasteiger partial charge >= 0.3 is 0 Å². The van der Waals surface area contributed by atoms with Crippen LogP contribution in [0.4, 0.5) is 0 Å². The van der Waals surface area contributed by atoms with Gasteiger partial charge in [-0.15, -0.1) is 0 Å². The number of rotatable bonds is 7. The Hall–Kier alpha value is -0.570. The molecule has 0 saturated heterocycles. The highest BCUT2D eigenvalue weighted by molar-refractivity contribution is 5.76. The summed E-state index contributed by atoms with van der Waals surface area (Å²) in [7, 11) is 0. The Labute approximate surface area is 98.2 Å². The van der Waals surface area contributed by atoms with Crippen molar-refractivity contribution >= 4 is 5.91 Å². The summed E-state index contributed by atoms with van der Waals surface area (Å²) in [6.45, 7) is 3.53. The first kappa shape index (κ1) is 11.9. The fraction of sp³-hybridized carbons (Fsp3) is 0.923. The van der Waals surface area contributed by atoms with Crippen LogP contribution in [-0.2, 0) is 4.79 Å². The molecule has 0 aliphatic heterocycles. The van der Waals surface area contributed by atoms with Crippen molar-refractivity contribution < 1.29 is 4.79 Å². The van der Waals surface area contributed by atoms with E-state index in [1.54, 1.807) is 0 Å². The molecule has 3 nitrogen and oxygen atoms in total. The minimum Gasteiger partial charge on any atom is -0.356 e. The molecule has 1 unspecified atom stereocenters. The number of nitrogens with one attached hydrogen (secondary N) is 1. The first-order valence-electron chi connectivity index (χ1n) is 6.67. The van der Waals surface area contributed by atoms with Gasteiger partial charge in [-0.3, -0.25) is 4.79 Å². The SMILES string of the molecule is CC(CN)CC(=O)NCC(C1CC1)C1CC1. The van der Waals surface area contributed by atoms with Crippen LogP contribution < -0.4 is 11.1 Å². The third-order valence-corrected chi connectivity index (χ3v) is 3.93. The lowest BCUT2D eigenvalue weighted by atomic mass is 9.97. The van der Waals surface area contributed by atoms with Gasteiger partial charge in [0.15, 0.2) is 0 Å². The van der Waals surface area contributed by atoms with Gasteiger partial charge in [-0.25, -0.2) is 0 Å². The van der Waals surface area contributed by atoms with E-state index in [0.29, 0.717) is 18.9 Å². The summed E-state index contributed by atoms with van der Waals surface area (Å²) >= 11 is 0. The highest BCUT2D eigenvalue weighted by Gasteiger charge is 2.41. The Bertz CT molecular complexity index is 234. The summed E-state index contributed by atoms with van der Waals surface area (Å²) in [4.78, 5) is 11.6. The first-order valence-corrected chi connectivity index (χ1v) is 6.67. The topological polar surface area (TPSA) is 55.1 Å². The van der Waals surface area contributed by atoms with Crippen molar-refractivity contribution in [2.75, 3.05) is 13.1 Å². The Morgan fingerprint density at radius 3 is 2.31 bits per heavy atom. The molecule has 0 spiro atoms. The zero-order chi connectivity index (χ0) is 11.5. The molecule has 92 valence electrons. The average Bonchev–Trinajstić information content (AvgIpc) is 3.11. The highest BCUT2D eigenvalue weighted by Crippen LogP contribution is 2.48. The fourth-order valence-electron chi connectivity index (χ4n) is 2.47. The number of carbonyl (C=O) groups excluding carboxylic acids is 1. The number of carbonyl (C=O) groups is 1. The number of hydrogen-bond acceptors (Lipinski definition) is 2. The van der Waals surface area contributed by atoms with Gasteiger partial charge in [0.1, 0.15) is 0 Å². The van der Waals surface area contributed by atoms with E-state index in [1.165, 1.54) is 25.7 Å². The molecule has 1 amide bonds. The maximum absolute atomic E-state index is 11.6. The van der Waals surface area contributed by atoms with Crippen LogP contribution in [-0.4, -0.2) is 19.0 Å². The van der Waals surface area contributed by atoms with E-state index in [4.69, 9.17) is 5.73 Å². The highest BCUT2D eigenvalue weighted by atomic mass is 16.1. The van der Waals surface area contributed by atoms with Gasteiger partial charge in [-0.2, -0.15) is 0 Å². The third kappa shape index (κ3) is 3.48. The predicted molar refractivity (Wildman–Crippen MR) is 64.8 cm³/mol. The monoisotopic (exact) mass is 224 g/mol. The average molecular weight is 224 g/mol. The van der Waals surface area contributed by atoms with Gasteiger partial charge in [-0.05, 0) is 55.9 Å². The molecule has 2 saturated carbocycles. The minimum absolute atomic E-state index is 0.184. The zero-order valence-corrected chi connectivity index (χ0v) is 10.2. The van der Waals surface area contributed by atoms with E-state index in [2.05, 4.69) is 5.32 Å². The normalized spacial score (nSPS) is 22.2. The van der Waals surface area contributed by atoms with Crippen LogP contribution in [0, 0.1) is 23.7 Å². The second-order valence-corrected chi connectivity index (χ2v) is 5.69. The Morgan fingerprint density at radius 1 is 1.31 bits per heavy atom. The number of amides is 1. The quantitative estimate of drug-likeness (QED) is 0.689. The van der Waals surface area contributed by atoms with Crippen LogP contribution in [0.3, 0.4) is 0 Å². The van der Waals surface area contributed by atoms with Crippen LogP contribution in [0.2, 0.25) is 0 Å². The minimum atomic E-state index is 0.184. The molecule has 2 rings (SSSR count). The molecule has 2 aliphatic rings. The summed E-state index contributed by atoms with van der Waals surface area (Å²) in [5.74, 6) is 3.10. The summed E-state index contributed by atoms with van der Waals surface area (Å²) in [5.41, 5.74) is 5.51. The van der Waals surface area contributed by atoms with Crippen LogP contribution in [0.1, 0.15) is 39.0 Å². The molecule has 0 heterocycles. The Kier molecular flexibility index (Phi) is 3.85. The third-order valence-electron chi connectivity index (χ3n) is 3.93. The van der Waals surface area contributed by atoms with Crippen LogP contribution in [0.15, 0.2) is 0 Å². The van der Waals surface area contributed by atoms with Gasteiger partial charge in [0.2, 0.25) is 5.91 Å². The molecule has 2 aliphatic carbocycles. The molecular formula is C13H24N2O. The lowest BCUT2D eigenvalue weighted by molar-refractivity contribution is -0.122. The van der Waals surface area contributed by atoms with E-state index < -0.39 is 0 Å². The molecule has 1 atom stereocenters. The van der Waals surface area contributed by atoms with Gasteiger partial charge in [0.05, 0.1) is 0 Å². The number of hydrogen-bond donors (Lipinski definition) is 2. The molecule has 0 radical (unpaired) electrons. The van der Waals surface area contributed by atoms with Gasteiger partial charge in [-0.1, -0.05) is 6.92 Å². The maximum atomic E-state index is 11.6. The van der Waals surface area contributed by atoms with E-state index in [-0.39, 0.29) is 5.91 Å². The zero-order valence-electron chi connectivity index (χ0n) is 10.2. The van der Waals surface area contributed by atoms with Crippen molar-refractivity contribution in [2.45, 2.75) is 39.0 Å². The van der Waals surface area contributed by atoms with Crippen molar-refractivity contribution in [1.29, 1.82) is 0 Å². The van der Waals surface area contributed by atoms with Crippen molar-refractivity contribution in [3.63, 3.8) is 0 Å². The van der Waals surface area contributed by atoms with Gasteiger partial charge in [0, 0.05) is 13.0 Å². The van der Waals surface area contributed by atoms with E-state index >= 15 is 0 Å². The predicted octanol–water partition coefficient (Wildman–Crippen LogP) is 1.52. The van der Waals surface area contributed by atoms with E-state index in [0.717, 1.165) is 24.3 Å². The van der Waals surface area contributed by atoms with Crippen LogP contribution >= 0.6 is 0 Å². The maximum Gasteiger partial charge on any atom is 0.220 e. The fourth-order valence-corrected chi connectivity index (χ4v) is 2.47. The Morgan fingerprint density at radius 2 is 1.88 bits per heavy atom. The molecule has 0 aromatic carbocycles. The lowest BCUT2D eigenvalue weighted by Crippen LogP contribution is -2.32. The first-order chi connectivity index (χ1) is 7.70. The Balaban J connectivity index is 1.66. The van der Waals surface area contributed by atoms with Crippen LogP contribution in [0.5, 0.6) is 0 Å². The second-order valence-electron chi connectivity index (χ2n) is 5.69. The van der Waals surface area contributed by atoms with Crippen LogP contribution in [0.25, 0.3) is 0 Å². The smallest absolute Gasteiger partial charge is 0.220 e. The number of nitrogens with two attached hydrogens (primary N) is 1. The second kappa shape index (κ2) is 5.17. The van der Waals surface area contributed by atoms with E-state index in [1.807, 2.05) is 6.92 Å². The largest absolute Gasteiger partial charge is 0.356 e. The lowest BCUT2D eigenvalue weighted by Gasteiger charge is -2.17. The van der Waals surface area contributed by atoms with Crippen molar-refractivity contribution in [3.8, 4) is 0 Å². The molecule has 2 fully saturated rings. The standard InChI is InChI=1S/C13H24N2O/c1-9(7-14)6-13(16)15-8-12(10-2-3-10)11-4-5-11/h9-12H,2-8,14H2,1H3,(H,15,16). The molecule has 3 heteroatoms. The summed E-state index contributed by atoms with van der Waals surface area (Å²) in [6.07, 6.45) is 6.12. The molecular weight excluding hydrogens is 200 g/mol. The molecule has 0 bridgehead atoms.